The molecule has 2 unspecified atom stereocenters. The van der Waals surface area contributed by atoms with Crippen molar-refractivity contribution in [1.82, 2.24) is 0 Å². The Morgan fingerprint density at radius 2 is 1.80 bits per heavy atom. The molecule has 1 N–H and O–H groups in total. The number of hydrogen-bond donors (Lipinski definition) is 1. The quantitative estimate of drug-likeness (QED) is 0.525. The third-order valence-electron chi connectivity index (χ3n) is 4.65. The molecule has 0 saturated carbocycles. The number of carbonyl (C=O) groups is 2. The molecule has 30 heavy (non-hydrogen) atoms. The van der Waals surface area contributed by atoms with Gasteiger partial charge in [-0.2, -0.15) is 0 Å². The maximum atomic E-state index is 13.1. The molecule has 0 radical (unpaired) electrons. The number of nitrogens with zero attached hydrogens (tertiary/aromatic N) is 2. The van der Waals surface area contributed by atoms with Crippen LogP contribution in [0.25, 0.3) is 0 Å². The van der Waals surface area contributed by atoms with Gasteiger partial charge in [0.05, 0.1) is 16.7 Å². The number of hydrogen-bond acceptors (Lipinski definition) is 5. The van der Waals surface area contributed by atoms with Gasteiger partial charge in [-0.1, -0.05) is 37.0 Å². The molecule has 1 aliphatic rings. The molecule has 158 valence electrons. The van der Waals surface area contributed by atoms with Crippen molar-refractivity contribution in [2.75, 3.05) is 10.2 Å². The topological polar surface area (TPSA) is 102 Å². The number of non-ortho nitro benzene ring substituents is 1. The minimum Gasteiger partial charge on any atom is -0.478 e. The van der Waals surface area contributed by atoms with Gasteiger partial charge >= 0.3 is 0 Å². The number of amides is 2. The lowest BCUT2D eigenvalue weighted by molar-refractivity contribution is -0.384. The second-order valence-corrected chi connectivity index (χ2v) is 8.10. The predicted molar refractivity (Wildman–Crippen MR) is 114 cm³/mol. The minimum atomic E-state index is -0.930. The Bertz CT molecular complexity index is 1010. The summed E-state index contributed by atoms with van der Waals surface area (Å²) >= 11 is 11.9. The summed E-state index contributed by atoms with van der Waals surface area (Å²) in [5.74, 6) is -0.920. The van der Waals surface area contributed by atoms with Crippen LogP contribution in [-0.2, 0) is 9.59 Å². The van der Waals surface area contributed by atoms with Crippen molar-refractivity contribution in [2.45, 2.75) is 32.9 Å². The van der Waals surface area contributed by atoms with E-state index in [9.17, 15) is 19.7 Å². The van der Waals surface area contributed by atoms with Crippen LogP contribution in [0, 0.1) is 16.0 Å². The molecule has 8 nitrogen and oxygen atoms in total. The SMILES string of the molecule is CC(C)C1Oc2cc([N+](=O)[O-])ccc2N(C(C)C(=O)Nc2cc(Cl)cc(Cl)c2)C1=O. The van der Waals surface area contributed by atoms with Gasteiger partial charge in [-0.3, -0.25) is 24.6 Å². The number of nitrogens with one attached hydrogen (secondary N) is 1. The van der Waals surface area contributed by atoms with E-state index in [1.165, 1.54) is 41.3 Å². The summed E-state index contributed by atoms with van der Waals surface area (Å²) < 4.78 is 5.74. The van der Waals surface area contributed by atoms with Crippen molar-refractivity contribution in [3.8, 4) is 5.75 Å². The van der Waals surface area contributed by atoms with E-state index in [-0.39, 0.29) is 23.0 Å². The number of halogens is 2. The fraction of sp³-hybridized carbons (Fsp3) is 0.300. The number of benzene rings is 2. The maximum absolute atomic E-state index is 13.1. The molecule has 0 aliphatic carbocycles. The molecule has 2 atom stereocenters. The molecule has 2 aromatic rings. The summed E-state index contributed by atoms with van der Waals surface area (Å²) in [6.07, 6.45) is -0.879. The third-order valence-corrected chi connectivity index (χ3v) is 5.09. The first-order valence-electron chi connectivity index (χ1n) is 9.13. The number of ether oxygens (including phenoxy) is 1. The molecule has 1 heterocycles. The standard InChI is InChI=1S/C20H19Cl2N3O5/c1-10(2)18-20(27)24(16-5-4-15(25(28)29)9-17(16)30-18)11(3)19(26)23-14-7-12(21)6-13(22)8-14/h4-11,18H,1-3H3,(H,23,26). The third kappa shape index (κ3) is 4.34. The van der Waals surface area contributed by atoms with Crippen LogP contribution in [0.15, 0.2) is 36.4 Å². The fourth-order valence-corrected chi connectivity index (χ4v) is 3.69. The average Bonchev–Trinajstić information content (AvgIpc) is 2.65. The van der Waals surface area contributed by atoms with E-state index in [0.717, 1.165) is 0 Å². The number of fused-ring (bicyclic) bond motifs is 1. The van der Waals surface area contributed by atoms with Crippen LogP contribution in [0.1, 0.15) is 20.8 Å². The first kappa shape index (κ1) is 21.9. The van der Waals surface area contributed by atoms with Crippen LogP contribution in [0.3, 0.4) is 0 Å². The Labute approximate surface area is 182 Å². The molecule has 2 aromatic carbocycles. The van der Waals surface area contributed by atoms with E-state index < -0.39 is 28.9 Å². The van der Waals surface area contributed by atoms with E-state index in [1.807, 2.05) is 0 Å². The summed E-state index contributed by atoms with van der Waals surface area (Å²) in [5.41, 5.74) is 0.500. The van der Waals surface area contributed by atoms with Crippen molar-refractivity contribution in [3.05, 3.63) is 56.6 Å². The van der Waals surface area contributed by atoms with E-state index in [4.69, 9.17) is 27.9 Å². The molecule has 2 amide bonds. The molecule has 0 saturated heterocycles. The Kier molecular flexibility index (Phi) is 6.19. The number of anilines is 2. The van der Waals surface area contributed by atoms with Gasteiger partial charge in [0.25, 0.3) is 11.6 Å². The molecule has 0 spiro atoms. The normalized spacial score (nSPS) is 16.7. The highest BCUT2D eigenvalue weighted by atomic mass is 35.5. The van der Waals surface area contributed by atoms with E-state index in [1.54, 1.807) is 20.8 Å². The van der Waals surface area contributed by atoms with Gasteiger partial charge < -0.3 is 10.1 Å². The second kappa shape index (κ2) is 8.49. The molecule has 0 fully saturated rings. The lowest BCUT2D eigenvalue weighted by Gasteiger charge is -2.38. The van der Waals surface area contributed by atoms with E-state index in [0.29, 0.717) is 15.7 Å². The summed E-state index contributed by atoms with van der Waals surface area (Å²) in [6.45, 7) is 5.15. The van der Waals surface area contributed by atoms with Gasteiger partial charge in [0.1, 0.15) is 6.04 Å². The van der Waals surface area contributed by atoms with E-state index >= 15 is 0 Å². The molecular formula is C20H19Cl2N3O5. The van der Waals surface area contributed by atoms with Crippen molar-refractivity contribution >= 4 is 52.1 Å². The van der Waals surface area contributed by atoms with Gasteiger partial charge in [0, 0.05) is 21.8 Å². The number of rotatable bonds is 5. The Balaban J connectivity index is 1.96. The highest BCUT2D eigenvalue weighted by Gasteiger charge is 2.41. The lowest BCUT2D eigenvalue weighted by Crippen LogP contribution is -2.55. The van der Waals surface area contributed by atoms with Crippen molar-refractivity contribution in [1.29, 1.82) is 0 Å². The van der Waals surface area contributed by atoms with Gasteiger partial charge in [0.2, 0.25) is 5.91 Å². The summed E-state index contributed by atoms with van der Waals surface area (Å²) in [6, 6.07) is 7.60. The first-order valence-corrected chi connectivity index (χ1v) is 9.89. The summed E-state index contributed by atoms with van der Waals surface area (Å²) in [7, 11) is 0. The van der Waals surface area contributed by atoms with Crippen LogP contribution in [0.2, 0.25) is 10.0 Å². The zero-order valence-electron chi connectivity index (χ0n) is 16.4. The lowest BCUT2D eigenvalue weighted by atomic mass is 10.0. The zero-order valence-corrected chi connectivity index (χ0v) is 17.9. The van der Waals surface area contributed by atoms with Gasteiger partial charge in [-0.15, -0.1) is 0 Å². The molecule has 10 heteroatoms. The molecule has 0 aromatic heterocycles. The molecule has 1 aliphatic heterocycles. The van der Waals surface area contributed by atoms with Gasteiger partial charge in [-0.25, -0.2) is 0 Å². The van der Waals surface area contributed by atoms with Gasteiger partial charge in [-0.05, 0) is 37.1 Å². The minimum absolute atomic E-state index is 0.170. The first-order chi connectivity index (χ1) is 14.1. The van der Waals surface area contributed by atoms with Crippen LogP contribution in [0.5, 0.6) is 5.75 Å². The van der Waals surface area contributed by atoms with Crippen molar-refractivity contribution in [2.24, 2.45) is 5.92 Å². The van der Waals surface area contributed by atoms with Crippen molar-refractivity contribution < 1.29 is 19.2 Å². The number of nitro groups is 1. The Morgan fingerprint density at radius 3 is 2.37 bits per heavy atom. The molecule has 3 rings (SSSR count). The Morgan fingerprint density at radius 1 is 1.17 bits per heavy atom. The highest BCUT2D eigenvalue weighted by molar-refractivity contribution is 6.35. The van der Waals surface area contributed by atoms with Crippen LogP contribution >= 0.6 is 23.2 Å². The molecule has 0 bridgehead atoms. The predicted octanol–water partition coefficient (Wildman–Crippen LogP) is 4.68. The Hall–Kier alpha value is -2.84. The monoisotopic (exact) mass is 451 g/mol. The highest BCUT2D eigenvalue weighted by Crippen LogP contribution is 2.39. The zero-order chi connectivity index (χ0) is 22.2. The summed E-state index contributed by atoms with van der Waals surface area (Å²) in [4.78, 5) is 37.9. The average molecular weight is 452 g/mol. The second-order valence-electron chi connectivity index (χ2n) is 7.22. The van der Waals surface area contributed by atoms with Crippen LogP contribution < -0.4 is 15.0 Å². The maximum Gasteiger partial charge on any atom is 0.273 e. The number of nitro benzene ring substituents is 1. The largest absolute Gasteiger partial charge is 0.478 e. The van der Waals surface area contributed by atoms with Crippen LogP contribution in [-0.4, -0.2) is 28.9 Å². The van der Waals surface area contributed by atoms with Gasteiger partial charge in [0.15, 0.2) is 11.9 Å². The van der Waals surface area contributed by atoms with E-state index in [2.05, 4.69) is 5.32 Å². The number of carbonyl (C=O) groups excluding carboxylic acids is 2. The molecular weight excluding hydrogens is 433 g/mol. The van der Waals surface area contributed by atoms with Crippen LogP contribution in [0.4, 0.5) is 17.1 Å². The summed E-state index contributed by atoms with van der Waals surface area (Å²) in [5, 5.41) is 14.5. The smallest absolute Gasteiger partial charge is 0.273 e. The van der Waals surface area contributed by atoms with Crippen molar-refractivity contribution in [3.63, 3.8) is 0 Å². The fourth-order valence-electron chi connectivity index (χ4n) is 3.16.